The number of rotatable bonds is 6. The van der Waals surface area contributed by atoms with Crippen LogP contribution in [-0.4, -0.2) is 20.8 Å². The van der Waals surface area contributed by atoms with Gasteiger partial charge in [0.2, 0.25) is 0 Å². The third kappa shape index (κ3) is 4.09. The van der Waals surface area contributed by atoms with Crippen molar-refractivity contribution in [1.29, 1.82) is 0 Å². The monoisotopic (exact) mass is 328 g/mol. The van der Waals surface area contributed by atoms with Gasteiger partial charge in [0, 0.05) is 18.1 Å². The van der Waals surface area contributed by atoms with E-state index in [1.54, 1.807) is 10.7 Å². The van der Waals surface area contributed by atoms with Gasteiger partial charge < -0.3 is 10.5 Å². The summed E-state index contributed by atoms with van der Waals surface area (Å²) in [5, 5.41) is 5.05. The van der Waals surface area contributed by atoms with Crippen molar-refractivity contribution < 1.29 is 4.74 Å². The maximum absolute atomic E-state index is 6.25. The van der Waals surface area contributed by atoms with Gasteiger partial charge in [-0.15, -0.1) is 0 Å². The number of aromatic nitrogens is 3. The van der Waals surface area contributed by atoms with E-state index in [9.17, 15) is 0 Å². The lowest BCUT2D eigenvalue weighted by molar-refractivity contribution is 0.286. The van der Waals surface area contributed by atoms with Gasteiger partial charge in [-0.1, -0.05) is 30.1 Å². The number of nitrogens with two attached hydrogens (primary N) is 1. The predicted octanol–water partition coefficient (Wildman–Crippen LogP) is 2.98. The van der Waals surface area contributed by atoms with E-state index in [4.69, 9.17) is 33.7 Å². The van der Waals surface area contributed by atoms with Gasteiger partial charge in [0.15, 0.2) is 5.82 Å². The fourth-order valence-electron chi connectivity index (χ4n) is 1.94. The van der Waals surface area contributed by atoms with E-state index in [0.29, 0.717) is 28.0 Å². The average molecular weight is 329 g/mol. The minimum Gasteiger partial charge on any atom is -0.484 e. The topological polar surface area (TPSA) is 66.0 Å². The van der Waals surface area contributed by atoms with E-state index in [2.05, 4.69) is 10.1 Å². The molecule has 0 radical (unpaired) electrons. The molecular weight excluding hydrogens is 311 g/mol. The van der Waals surface area contributed by atoms with E-state index in [1.165, 1.54) is 6.33 Å². The second-order valence-electron chi connectivity index (χ2n) is 4.84. The van der Waals surface area contributed by atoms with Crippen LogP contribution < -0.4 is 10.5 Å². The van der Waals surface area contributed by atoms with Gasteiger partial charge in [-0.2, -0.15) is 5.10 Å². The highest BCUT2D eigenvalue weighted by Crippen LogP contribution is 2.33. The van der Waals surface area contributed by atoms with Crippen LogP contribution in [0.1, 0.15) is 24.7 Å². The number of ether oxygens (including phenoxy) is 1. The smallest absolute Gasteiger partial charge is 0.164 e. The van der Waals surface area contributed by atoms with Crippen molar-refractivity contribution in [1.82, 2.24) is 14.8 Å². The summed E-state index contributed by atoms with van der Waals surface area (Å²) in [6.07, 6.45) is 3.01. The van der Waals surface area contributed by atoms with Gasteiger partial charge in [-0.3, -0.25) is 4.68 Å². The van der Waals surface area contributed by atoms with Gasteiger partial charge in [-0.05, 0) is 30.5 Å². The van der Waals surface area contributed by atoms with Gasteiger partial charge in [0.05, 0.1) is 5.02 Å². The predicted molar refractivity (Wildman–Crippen MR) is 83.8 cm³/mol. The van der Waals surface area contributed by atoms with Crippen molar-refractivity contribution in [3.8, 4) is 5.75 Å². The van der Waals surface area contributed by atoms with Crippen LogP contribution in [-0.2, 0) is 20.1 Å². The highest BCUT2D eigenvalue weighted by molar-refractivity contribution is 6.35. The van der Waals surface area contributed by atoms with Crippen LogP contribution in [0.2, 0.25) is 10.0 Å². The Bertz CT molecular complexity index is 615. The maximum Gasteiger partial charge on any atom is 0.164 e. The number of nitrogens with zero attached hydrogens (tertiary/aromatic N) is 3. The molecule has 0 aliphatic carbocycles. The van der Waals surface area contributed by atoms with E-state index < -0.39 is 0 Å². The molecule has 0 amide bonds. The van der Waals surface area contributed by atoms with Gasteiger partial charge in [0.1, 0.15) is 18.7 Å². The number of benzene rings is 1. The summed E-state index contributed by atoms with van der Waals surface area (Å²) in [7, 11) is 1.81. The van der Waals surface area contributed by atoms with Crippen LogP contribution >= 0.6 is 23.2 Å². The molecule has 1 unspecified atom stereocenters. The minimum absolute atomic E-state index is 0.0386. The van der Waals surface area contributed by atoms with Crippen LogP contribution in [0.4, 0.5) is 0 Å². The third-order valence-electron chi connectivity index (χ3n) is 3.24. The van der Waals surface area contributed by atoms with E-state index >= 15 is 0 Å². The third-order valence-corrected chi connectivity index (χ3v) is 3.74. The zero-order valence-corrected chi connectivity index (χ0v) is 13.5. The second-order valence-corrected chi connectivity index (χ2v) is 5.68. The molecule has 0 saturated carbocycles. The van der Waals surface area contributed by atoms with Crippen LogP contribution in [0.5, 0.6) is 5.75 Å². The fourth-order valence-corrected chi connectivity index (χ4v) is 2.53. The molecule has 2 rings (SSSR count). The van der Waals surface area contributed by atoms with Crippen LogP contribution in [0, 0.1) is 0 Å². The van der Waals surface area contributed by atoms with Gasteiger partial charge in [0.25, 0.3) is 0 Å². The van der Waals surface area contributed by atoms with Crippen LogP contribution in [0.3, 0.4) is 0 Å². The number of hydrogen-bond donors (Lipinski definition) is 1. The van der Waals surface area contributed by atoms with E-state index in [0.717, 1.165) is 12.0 Å². The number of halogens is 2. The zero-order chi connectivity index (χ0) is 15.4. The first kappa shape index (κ1) is 16.1. The molecule has 5 nitrogen and oxygen atoms in total. The van der Waals surface area contributed by atoms with E-state index in [1.807, 2.05) is 20.0 Å². The molecule has 0 bridgehead atoms. The quantitative estimate of drug-likeness (QED) is 0.885. The Hall–Kier alpha value is -1.30. The minimum atomic E-state index is 0.0386. The molecule has 0 aliphatic rings. The Morgan fingerprint density at radius 2 is 2.14 bits per heavy atom. The molecule has 114 valence electrons. The molecule has 1 atom stereocenters. The van der Waals surface area contributed by atoms with Crippen molar-refractivity contribution in [3.05, 3.63) is 39.9 Å². The van der Waals surface area contributed by atoms with Crippen molar-refractivity contribution in [2.24, 2.45) is 12.8 Å². The average Bonchev–Trinajstić information content (AvgIpc) is 2.83. The second kappa shape index (κ2) is 7.11. The summed E-state index contributed by atoms with van der Waals surface area (Å²) in [5.41, 5.74) is 6.93. The molecule has 1 heterocycles. The molecule has 21 heavy (non-hydrogen) atoms. The number of aryl methyl sites for hydroxylation is 1. The molecule has 2 N–H and O–H groups in total. The molecule has 1 aromatic carbocycles. The molecule has 0 fully saturated rings. The molecule has 2 aromatic rings. The zero-order valence-electron chi connectivity index (χ0n) is 12.0. The summed E-state index contributed by atoms with van der Waals surface area (Å²) >= 11 is 12.3. The summed E-state index contributed by atoms with van der Waals surface area (Å²) in [5.74, 6) is 1.32. The lowest BCUT2D eigenvalue weighted by atomic mass is 10.0. The molecule has 1 aromatic heterocycles. The standard InChI is InChI=1S/C14H18Cl2N4O/c1-3-11(17)5-9-4-10(15)6-12(16)14(9)21-7-13-18-8-19-20(13)2/h4,6,8,11H,3,5,7,17H2,1-2H3. The first-order chi connectivity index (χ1) is 10.0. The highest BCUT2D eigenvalue weighted by Gasteiger charge is 2.14. The normalized spacial score (nSPS) is 12.4. The lowest BCUT2D eigenvalue weighted by Gasteiger charge is -2.16. The first-order valence-corrected chi connectivity index (χ1v) is 7.46. The largest absolute Gasteiger partial charge is 0.484 e. The molecule has 0 spiro atoms. The Labute approximate surface area is 134 Å². The van der Waals surface area contributed by atoms with Crippen molar-refractivity contribution in [2.75, 3.05) is 0 Å². The maximum atomic E-state index is 6.25. The lowest BCUT2D eigenvalue weighted by Crippen LogP contribution is -2.22. The summed E-state index contributed by atoms with van der Waals surface area (Å²) in [4.78, 5) is 4.12. The number of hydrogen-bond acceptors (Lipinski definition) is 4. The Kier molecular flexibility index (Phi) is 5.45. The Morgan fingerprint density at radius 1 is 1.38 bits per heavy atom. The summed E-state index contributed by atoms with van der Waals surface area (Å²) < 4.78 is 7.48. The fraction of sp³-hybridized carbons (Fsp3) is 0.429. The molecular formula is C14H18Cl2N4O. The first-order valence-electron chi connectivity index (χ1n) is 6.70. The summed E-state index contributed by atoms with van der Waals surface area (Å²) in [6, 6.07) is 3.54. The Balaban J connectivity index is 2.22. The summed E-state index contributed by atoms with van der Waals surface area (Å²) in [6.45, 7) is 2.32. The van der Waals surface area contributed by atoms with Gasteiger partial charge in [-0.25, -0.2) is 4.98 Å². The van der Waals surface area contributed by atoms with Crippen LogP contribution in [0.25, 0.3) is 0 Å². The SMILES string of the molecule is CCC(N)Cc1cc(Cl)cc(Cl)c1OCc1ncnn1C. The molecule has 7 heteroatoms. The molecule has 0 aliphatic heterocycles. The van der Waals surface area contributed by atoms with Gasteiger partial charge >= 0.3 is 0 Å². The van der Waals surface area contributed by atoms with Crippen molar-refractivity contribution >= 4 is 23.2 Å². The van der Waals surface area contributed by atoms with Crippen LogP contribution in [0.15, 0.2) is 18.5 Å². The highest BCUT2D eigenvalue weighted by atomic mass is 35.5. The molecule has 0 saturated heterocycles. The van der Waals surface area contributed by atoms with Crippen molar-refractivity contribution in [2.45, 2.75) is 32.4 Å². The Morgan fingerprint density at radius 3 is 2.76 bits per heavy atom. The van der Waals surface area contributed by atoms with E-state index in [-0.39, 0.29) is 12.6 Å². The van der Waals surface area contributed by atoms with Crippen molar-refractivity contribution in [3.63, 3.8) is 0 Å².